The summed E-state index contributed by atoms with van der Waals surface area (Å²) in [6.45, 7) is 0. The molecule has 2 heterocycles. The summed E-state index contributed by atoms with van der Waals surface area (Å²) in [5.41, 5.74) is 0.932. The van der Waals surface area contributed by atoms with Crippen LogP contribution in [0.1, 0.15) is 28.1 Å². The van der Waals surface area contributed by atoms with Gasteiger partial charge in [0.15, 0.2) is 5.76 Å². The van der Waals surface area contributed by atoms with Crippen LogP contribution in [0.3, 0.4) is 0 Å². The van der Waals surface area contributed by atoms with E-state index >= 15 is 0 Å². The summed E-state index contributed by atoms with van der Waals surface area (Å²) in [6, 6.07) is 17.4. The summed E-state index contributed by atoms with van der Waals surface area (Å²) < 4.78 is 25.2. The third kappa shape index (κ3) is 3.48. The topological polar surface area (TPSA) is 81.2 Å². The van der Waals surface area contributed by atoms with Gasteiger partial charge in [-0.1, -0.05) is 36.4 Å². The molecule has 2 aromatic carbocycles. The molecule has 0 bridgehead atoms. The molecule has 0 aliphatic heterocycles. The number of halogens is 1. The Morgan fingerprint density at radius 3 is 2.48 bits per heavy atom. The fourth-order valence-corrected chi connectivity index (χ4v) is 2.64. The molecule has 0 fully saturated rings. The van der Waals surface area contributed by atoms with Crippen LogP contribution in [0.15, 0.2) is 81.8 Å². The fraction of sp³-hybridized carbons (Fsp3) is 0.0500. The largest absolute Gasteiger partial charge is 0.459 e. The summed E-state index contributed by atoms with van der Waals surface area (Å²) in [6.07, 6.45) is 1.38. The van der Waals surface area contributed by atoms with Crippen molar-refractivity contribution in [2.45, 2.75) is 6.04 Å². The average molecular weight is 363 g/mol. The molecular formula is C20H14FN3O3. The molecule has 4 aromatic rings. The van der Waals surface area contributed by atoms with E-state index in [1.54, 1.807) is 24.3 Å². The summed E-state index contributed by atoms with van der Waals surface area (Å²) in [7, 11) is 0. The molecular weight excluding hydrogens is 349 g/mol. The van der Waals surface area contributed by atoms with Crippen molar-refractivity contribution in [2.24, 2.45) is 0 Å². The quantitative estimate of drug-likeness (QED) is 0.580. The van der Waals surface area contributed by atoms with Crippen LogP contribution in [0.5, 0.6) is 0 Å². The van der Waals surface area contributed by atoms with Gasteiger partial charge in [-0.3, -0.25) is 4.79 Å². The van der Waals surface area contributed by atoms with Crippen LogP contribution in [0, 0.1) is 5.82 Å². The van der Waals surface area contributed by atoms with Gasteiger partial charge in [-0.2, -0.15) is 0 Å². The van der Waals surface area contributed by atoms with Crippen molar-refractivity contribution in [1.82, 2.24) is 15.5 Å². The first-order valence-corrected chi connectivity index (χ1v) is 8.20. The van der Waals surface area contributed by atoms with Crippen LogP contribution in [0.2, 0.25) is 0 Å². The lowest BCUT2D eigenvalue weighted by Gasteiger charge is -2.15. The van der Waals surface area contributed by atoms with Crippen LogP contribution in [-0.2, 0) is 0 Å². The molecule has 6 nitrogen and oxygen atoms in total. The maximum atomic E-state index is 14.4. The van der Waals surface area contributed by atoms with Gasteiger partial charge >= 0.3 is 0 Å². The Labute approximate surface area is 153 Å². The van der Waals surface area contributed by atoms with Gasteiger partial charge in [0.25, 0.3) is 5.91 Å². The number of carbonyl (C=O) groups is 1. The number of aromatic nitrogens is 2. The number of hydrogen-bond acceptors (Lipinski definition) is 5. The predicted molar refractivity (Wildman–Crippen MR) is 94.2 cm³/mol. The molecule has 134 valence electrons. The highest BCUT2D eigenvalue weighted by Crippen LogP contribution is 2.27. The summed E-state index contributed by atoms with van der Waals surface area (Å²) in [4.78, 5) is 12.4. The third-order valence-electron chi connectivity index (χ3n) is 3.94. The minimum Gasteiger partial charge on any atom is -0.459 e. The molecule has 0 spiro atoms. The molecule has 1 N–H and O–H groups in total. The van der Waals surface area contributed by atoms with Gasteiger partial charge in [0.05, 0.1) is 6.26 Å². The zero-order chi connectivity index (χ0) is 18.6. The Hall–Kier alpha value is -3.74. The number of furan rings is 1. The molecule has 7 heteroatoms. The van der Waals surface area contributed by atoms with E-state index in [4.69, 9.17) is 8.83 Å². The normalized spacial score (nSPS) is 11.9. The lowest BCUT2D eigenvalue weighted by Crippen LogP contribution is -2.30. The van der Waals surface area contributed by atoms with Crippen molar-refractivity contribution in [2.75, 3.05) is 0 Å². The SMILES string of the molecule is O=C(NC(c1nnc(-c2ccccc2)o1)c1ccccc1F)c1ccco1. The van der Waals surface area contributed by atoms with Gasteiger partial charge in [-0.05, 0) is 30.3 Å². The molecule has 0 aliphatic rings. The van der Waals surface area contributed by atoms with Gasteiger partial charge in [0.1, 0.15) is 11.9 Å². The molecule has 27 heavy (non-hydrogen) atoms. The Morgan fingerprint density at radius 2 is 1.74 bits per heavy atom. The van der Waals surface area contributed by atoms with Crippen LogP contribution < -0.4 is 5.32 Å². The Kier molecular flexibility index (Phi) is 4.49. The lowest BCUT2D eigenvalue weighted by atomic mass is 10.1. The molecule has 1 unspecified atom stereocenters. The van der Waals surface area contributed by atoms with Gasteiger partial charge in [0.2, 0.25) is 11.8 Å². The Balaban J connectivity index is 1.71. The van der Waals surface area contributed by atoms with Gasteiger partial charge in [-0.15, -0.1) is 10.2 Å². The van der Waals surface area contributed by atoms with Crippen molar-refractivity contribution in [3.63, 3.8) is 0 Å². The number of rotatable bonds is 5. The number of carbonyl (C=O) groups excluding carboxylic acids is 1. The first-order chi connectivity index (χ1) is 13.2. The number of hydrogen-bond donors (Lipinski definition) is 1. The van der Waals surface area contributed by atoms with Crippen molar-refractivity contribution in [3.8, 4) is 11.5 Å². The van der Waals surface area contributed by atoms with Crippen LogP contribution in [0.4, 0.5) is 4.39 Å². The molecule has 1 amide bonds. The molecule has 2 aromatic heterocycles. The molecule has 0 saturated heterocycles. The van der Waals surface area contributed by atoms with E-state index in [0.717, 1.165) is 5.56 Å². The van der Waals surface area contributed by atoms with E-state index in [0.29, 0.717) is 0 Å². The van der Waals surface area contributed by atoms with Gasteiger partial charge < -0.3 is 14.2 Å². The molecule has 1 atom stereocenters. The maximum absolute atomic E-state index is 14.4. The highest BCUT2D eigenvalue weighted by atomic mass is 19.1. The minimum absolute atomic E-state index is 0.0684. The molecule has 4 rings (SSSR count). The predicted octanol–water partition coefficient (Wildman–Crippen LogP) is 3.99. The zero-order valence-corrected chi connectivity index (χ0v) is 14.0. The van der Waals surface area contributed by atoms with Crippen molar-refractivity contribution >= 4 is 5.91 Å². The second-order valence-corrected chi connectivity index (χ2v) is 5.72. The van der Waals surface area contributed by atoms with Crippen LogP contribution >= 0.6 is 0 Å². The highest BCUT2D eigenvalue weighted by molar-refractivity contribution is 5.91. The minimum atomic E-state index is -0.964. The fourth-order valence-electron chi connectivity index (χ4n) is 2.64. The molecule has 0 radical (unpaired) electrons. The Bertz CT molecular complexity index is 1050. The standard InChI is InChI=1S/C20H14FN3O3/c21-15-10-5-4-9-14(15)17(22-18(25)16-11-6-12-26-16)20-24-23-19(27-20)13-7-2-1-3-8-13/h1-12,17H,(H,22,25). The number of nitrogens with one attached hydrogen (secondary N) is 1. The van der Waals surface area contributed by atoms with Gasteiger partial charge in [-0.25, -0.2) is 4.39 Å². The van der Waals surface area contributed by atoms with E-state index < -0.39 is 17.8 Å². The number of amides is 1. The first kappa shape index (κ1) is 16.7. The van der Waals surface area contributed by atoms with Crippen molar-refractivity contribution in [1.29, 1.82) is 0 Å². The van der Waals surface area contributed by atoms with E-state index in [1.807, 2.05) is 30.3 Å². The second-order valence-electron chi connectivity index (χ2n) is 5.72. The lowest BCUT2D eigenvalue weighted by molar-refractivity contribution is 0.0909. The summed E-state index contributed by atoms with van der Waals surface area (Å²) in [5.74, 6) is -0.577. The van der Waals surface area contributed by atoms with E-state index in [9.17, 15) is 9.18 Å². The summed E-state index contributed by atoms with van der Waals surface area (Å²) in [5, 5.41) is 10.7. The molecule has 0 saturated carbocycles. The molecule has 0 aliphatic carbocycles. The number of nitrogens with zero attached hydrogens (tertiary/aromatic N) is 2. The van der Waals surface area contributed by atoms with Crippen molar-refractivity contribution in [3.05, 3.63) is 96.0 Å². The zero-order valence-electron chi connectivity index (χ0n) is 14.0. The first-order valence-electron chi connectivity index (χ1n) is 8.20. The average Bonchev–Trinajstić information content (AvgIpc) is 3.40. The number of benzene rings is 2. The van der Waals surface area contributed by atoms with E-state index in [1.165, 1.54) is 18.4 Å². The maximum Gasteiger partial charge on any atom is 0.287 e. The van der Waals surface area contributed by atoms with Crippen LogP contribution in [-0.4, -0.2) is 16.1 Å². The Morgan fingerprint density at radius 1 is 0.963 bits per heavy atom. The second kappa shape index (κ2) is 7.25. The third-order valence-corrected chi connectivity index (χ3v) is 3.94. The van der Waals surface area contributed by atoms with E-state index in [2.05, 4.69) is 15.5 Å². The monoisotopic (exact) mass is 363 g/mol. The van der Waals surface area contributed by atoms with Gasteiger partial charge in [0, 0.05) is 11.1 Å². The van der Waals surface area contributed by atoms with Crippen molar-refractivity contribution < 1.29 is 18.0 Å². The smallest absolute Gasteiger partial charge is 0.287 e. The highest BCUT2D eigenvalue weighted by Gasteiger charge is 2.27. The van der Waals surface area contributed by atoms with Crippen LogP contribution in [0.25, 0.3) is 11.5 Å². The summed E-state index contributed by atoms with van der Waals surface area (Å²) >= 11 is 0. The van der Waals surface area contributed by atoms with E-state index in [-0.39, 0.29) is 23.1 Å².